The van der Waals surface area contributed by atoms with Gasteiger partial charge in [0.2, 0.25) is 0 Å². The van der Waals surface area contributed by atoms with Gasteiger partial charge in [-0.25, -0.2) is 0 Å². The van der Waals surface area contributed by atoms with Gasteiger partial charge in [-0.1, -0.05) is 29.8 Å². The molecule has 0 atom stereocenters. The van der Waals surface area contributed by atoms with Crippen molar-refractivity contribution in [3.05, 3.63) is 68.7 Å². The molecule has 0 heterocycles. The van der Waals surface area contributed by atoms with Crippen molar-refractivity contribution in [3.8, 4) is 5.75 Å². The number of nitrogens with one attached hydrogen (secondary N) is 1. The van der Waals surface area contributed by atoms with Crippen LogP contribution in [0.4, 0.5) is 5.69 Å². The molecule has 104 valence electrons. The van der Waals surface area contributed by atoms with Gasteiger partial charge in [0.05, 0.1) is 4.92 Å². The van der Waals surface area contributed by atoms with Crippen molar-refractivity contribution >= 4 is 17.3 Å². The second-order valence-electron chi connectivity index (χ2n) is 4.31. The molecule has 2 aromatic rings. The van der Waals surface area contributed by atoms with Crippen molar-refractivity contribution in [2.45, 2.75) is 13.1 Å². The number of rotatable bonds is 5. The summed E-state index contributed by atoms with van der Waals surface area (Å²) >= 11 is 5.75. The molecule has 2 rings (SSSR count). The zero-order valence-electron chi connectivity index (χ0n) is 10.5. The summed E-state index contributed by atoms with van der Waals surface area (Å²) < 4.78 is 0. The van der Waals surface area contributed by atoms with Gasteiger partial charge in [-0.15, -0.1) is 0 Å². The first kappa shape index (κ1) is 14.3. The smallest absolute Gasteiger partial charge is 0.288 e. The predicted octanol–water partition coefficient (Wildman–Crippen LogP) is 3.24. The average Bonchev–Trinajstić information content (AvgIpc) is 2.42. The lowest BCUT2D eigenvalue weighted by molar-refractivity contribution is -0.384. The normalized spacial score (nSPS) is 10.4. The molecule has 0 saturated carbocycles. The summed E-state index contributed by atoms with van der Waals surface area (Å²) in [6.07, 6.45) is 0. The topological polar surface area (TPSA) is 75.4 Å². The van der Waals surface area contributed by atoms with Crippen molar-refractivity contribution in [2.75, 3.05) is 0 Å². The van der Waals surface area contributed by atoms with Crippen LogP contribution < -0.4 is 5.32 Å². The van der Waals surface area contributed by atoms with Gasteiger partial charge in [0, 0.05) is 19.2 Å². The lowest BCUT2D eigenvalue weighted by Crippen LogP contribution is -2.12. The molecule has 0 saturated heterocycles. The third-order valence-electron chi connectivity index (χ3n) is 2.80. The summed E-state index contributed by atoms with van der Waals surface area (Å²) in [7, 11) is 0. The third kappa shape index (κ3) is 3.69. The summed E-state index contributed by atoms with van der Waals surface area (Å²) in [5.74, 6) is 0.224. The van der Waals surface area contributed by atoms with Crippen LogP contribution in [-0.4, -0.2) is 10.0 Å². The Morgan fingerprint density at radius 3 is 2.35 bits per heavy atom. The average molecular weight is 293 g/mol. The summed E-state index contributed by atoms with van der Waals surface area (Å²) in [5.41, 5.74) is 1.72. The molecule has 0 unspecified atom stereocenters. The van der Waals surface area contributed by atoms with Gasteiger partial charge in [0.25, 0.3) is 5.69 Å². The van der Waals surface area contributed by atoms with Gasteiger partial charge in [0.1, 0.15) is 10.8 Å². The van der Waals surface area contributed by atoms with E-state index in [0.29, 0.717) is 13.1 Å². The molecule has 0 aliphatic carbocycles. The highest BCUT2D eigenvalue weighted by atomic mass is 35.5. The maximum absolute atomic E-state index is 10.8. The van der Waals surface area contributed by atoms with Gasteiger partial charge >= 0.3 is 0 Å². The number of nitro groups is 1. The van der Waals surface area contributed by atoms with Crippen molar-refractivity contribution in [3.63, 3.8) is 0 Å². The molecule has 20 heavy (non-hydrogen) atoms. The van der Waals surface area contributed by atoms with E-state index < -0.39 is 4.92 Å². The minimum absolute atomic E-state index is 0.0874. The second-order valence-corrected chi connectivity index (χ2v) is 4.72. The first-order valence-corrected chi connectivity index (χ1v) is 6.35. The third-order valence-corrected chi connectivity index (χ3v) is 3.12. The minimum atomic E-state index is -0.494. The Labute approximate surface area is 121 Å². The summed E-state index contributed by atoms with van der Waals surface area (Å²) in [6, 6.07) is 11.6. The van der Waals surface area contributed by atoms with E-state index in [9.17, 15) is 15.2 Å². The largest absolute Gasteiger partial charge is 0.508 e. The highest BCUT2D eigenvalue weighted by Gasteiger charge is 2.12. The highest BCUT2D eigenvalue weighted by molar-refractivity contribution is 6.32. The number of nitrogens with zero attached hydrogens (tertiary/aromatic N) is 1. The van der Waals surface area contributed by atoms with Crippen molar-refractivity contribution < 1.29 is 10.0 Å². The van der Waals surface area contributed by atoms with Crippen LogP contribution in [0.15, 0.2) is 42.5 Å². The van der Waals surface area contributed by atoms with Gasteiger partial charge in [-0.2, -0.15) is 0 Å². The molecule has 0 bridgehead atoms. The van der Waals surface area contributed by atoms with Gasteiger partial charge in [0.15, 0.2) is 0 Å². The Morgan fingerprint density at radius 1 is 1.10 bits per heavy atom. The predicted molar refractivity (Wildman–Crippen MR) is 76.8 cm³/mol. The molecule has 0 amide bonds. The van der Waals surface area contributed by atoms with Crippen LogP contribution in [0.1, 0.15) is 11.1 Å². The van der Waals surface area contributed by atoms with Crippen LogP contribution in [0.3, 0.4) is 0 Å². The molecule has 0 aliphatic heterocycles. The van der Waals surface area contributed by atoms with Crippen LogP contribution >= 0.6 is 11.6 Å². The molecule has 0 spiro atoms. The van der Waals surface area contributed by atoms with Crippen molar-refractivity contribution in [2.24, 2.45) is 0 Å². The number of benzene rings is 2. The molecular formula is C14H13ClN2O3. The highest BCUT2D eigenvalue weighted by Crippen LogP contribution is 2.25. The molecule has 6 heteroatoms. The first-order chi connectivity index (χ1) is 9.56. The van der Waals surface area contributed by atoms with E-state index in [2.05, 4.69) is 5.32 Å². The fourth-order valence-electron chi connectivity index (χ4n) is 1.77. The van der Waals surface area contributed by atoms with Crippen LogP contribution in [0, 0.1) is 10.1 Å². The Balaban J connectivity index is 1.96. The number of phenols is 1. The summed E-state index contributed by atoms with van der Waals surface area (Å²) in [4.78, 5) is 10.3. The monoisotopic (exact) mass is 292 g/mol. The van der Waals surface area contributed by atoms with Gasteiger partial charge in [-0.3, -0.25) is 10.1 Å². The quantitative estimate of drug-likeness (QED) is 0.655. The maximum atomic E-state index is 10.8. The number of halogens is 1. The molecule has 0 aromatic heterocycles. The molecular weight excluding hydrogens is 280 g/mol. The fourth-order valence-corrected chi connectivity index (χ4v) is 1.96. The van der Waals surface area contributed by atoms with Crippen LogP contribution in [0.2, 0.25) is 5.02 Å². The van der Waals surface area contributed by atoms with Crippen molar-refractivity contribution in [1.29, 1.82) is 0 Å². The zero-order valence-corrected chi connectivity index (χ0v) is 11.3. The Hall–Kier alpha value is -2.11. The van der Waals surface area contributed by atoms with Crippen LogP contribution in [0.25, 0.3) is 0 Å². The Morgan fingerprint density at radius 2 is 1.70 bits per heavy atom. The first-order valence-electron chi connectivity index (χ1n) is 5.97. The molecule has 5 nitrogen and oxygen atoms in total. The summed E-state index contributed by atoms with van der Waals surface area (Å²) in [6.45, 7) is 1.11. The maximum Gasteiger partial charge on any atom is 0.288 e. The SMILES string of the molecule is O=[N+]([O-])c1cc(CNCc2ccc(O)cc2)ccc1Cl. The lowest BCUT2D eigenvalue weighted by atomic mass is 10.2. The standard InChI is InChI=1S/C14H13ClN2O3/c15-13-6-3-11(7-14(13)17(19)20)9-16-8-10-1-4-12(18)5-2-10/h1-7,16,18H,8-9H2. The van der Waals surface area contributed by atoms with Crippen LogP contribution in [-0.2, 0) is 13.1 Å². The second kappa shape index (κ2) is 6.36. The van der Waals surface area contributed by atoms with Gasteiger partial charge < -0.3 is 10.4 Å². The lowest BCUT2D eigenvalue weighted by Gasteiger charge is -2.06. The van der Waals surface area contributed by atoms with E-state index in [1.54, 1.807) is 18.2 Å². The van der Waals surface area contributed by atoms with E-state index in [0.717, 1.165) is 11.1 Å². The number of aromatic hydroxyl groups is 1. The Kier molecular flexibility index (Phi) is 4.55. The number of phenolic OH excluding ortho intramolecular Hbond substituents is 1. The van der Waals surface area contributed by atoms with E-state index in [1.807, 2.05) is 12.1 Å². The van der Waals surface area contributed by atoms with Crippen LogP contribution in [0.5, 0.6) is 5.75 Å². The summed E-state index contributed by atoms with van der Waals surface area (Å²) in [5, 5.41) is 23.3. The van der Waals surface area contributed by atoms with E-state index in [-0.39, 0.29) is 16.5 Å². The Bertz CT molecular complexity index is 614. The number of hydrogen-bond acceptors (Lipinski definition) is 4. The van der Waals surface area contributed by atoms with E-state index in [1.165, 1.54) is 12.1 Å². The molecule has 2 N–H and O–H groups in total. The number of nitro benzene ring substituents is 1. The molecule has 2 aromatic carbocycles. The van der Waals surface area contributed by atoms with Gasteiger partial charge in [-0.05, 0) is 29.3 Å². The molecule has 0 fully saturated rings. The van der Waals surface area contributed by atoms with Crippen molar-refractivity contribution in [1.82, 2.24) is 5.32 Å². The number of hydrogen-bond donors (Lipinski definition) is 2. The van der Waals surface area contributed by atoms with E-state index >= 15 is 0 Å². The molecule has 0 aliphatic rings. The van der Waals surface area contributed by atoms with E-state index in [4.69, 9.17) is 11.6 Å². The zero-order chi connectivity index (χ0) is 14.5. The minimum Gasteiger partial charge on any atom is -0.508 e. The molecule has 0 radical (unpaired) electrons. The fraction of sp³-hybridized carbons (Fsp3) is 0.143.